The Hall–Kier alpha value is -1.91. The molecule has 152 valence electrons. The molecule has 0 spiro atoms. The number of hydrogen-bond acceptors (Lipinski definition) is 7. The quantitative estimate of drug-likeness (QED) is 0.540. The van der Waals surface area contributed by atoms with E-state index in [1.54, 1.807) is 9.80 Å². The van der Waals surface area contributed by atoms with Crippen molar-refractivity contribution in [3.05, 3.63) is 28.3 Å². The number of halogens is 1. The second kappa shape index (κ2) is 9.34. The van der Waals surface area contributed by atoms with Gasteiger partial charge < -0.3 is 15.5 Å². The average molecular weight is 421 g/mol. The van der Waals surface area contributed by atoms with Crippen molar-refractivity contribution in [2.45, 2.75) is 30.7 Å². The summed E-state index contributed by atoms with van der Waals surface area (Å²) < 4.78 is 23.3. The maximum Gasteiger partial charge on any atom is 0.293 e. The summed E-state index contributed by atoms with van der Waals surface area (Å²) in [5.74, 6) is -0.103. The SMILES string of the molecule is CCCC(N)C(=O)N1CCN(c2ccc(S(C)(=O)=O)cc2[N+](=O)[O-])CC1.Cl. The molecule has 1 fully saturated rings. The summed E-state index contributed by atoms with van der Waals surface area (Å²) in [4.78, 5) is 26.4. The summed E-state index contributed by atoms with van der Waals surface area (Å²) >= 11 is 0. The maximum absolute atomic E-state index is 12.3. The van der Waals surface area contributed by atoms with Crippen LogP contribution in [0.25, 0.3) is 0 Å². The number of piperazine rings is 1. The Labute approximate surface area is 165 Å². The topological polar surface area (TPSA) is 127 Å². The number of carbonyl (C=O) groups is 1. The van der Waals surface area contributed by atoms with Crippen molar-refractivity contribution in [2.24, 2.45) is 5.73 Å². The van der Waals surface area contributed by atoms with Crippen LogP contribution in [0.2, 0.25) is 0 Å². The zero-order valence-electron chi connectivity index (χ0n) is 15.3. The molecule has 1 amide bonds. The van der Waals surface area contributed by atoms with Crippen molar-refractivity contribution in [3.63, 3.8) is 0 Å². The van der Waals surface area contributed by atoms with Gasteiger partial charge in [0.15, 0.2) is 9.84 Å². The number of nitrogens with two attached hydrogens (primary N) is 1. The van der Waals surface area contributed by atoms with Gasteiger partial charge in [-0.2, -0.15) is 0 Å². The maximum atomic E-state index is 12.3. The van der Waals surface area contributed by atoms with E-state index in [9.17, 15) is 23.3 Å². The van der Waals surface area contributed by atoms with Crippen molar-refractivity contribution in [2.75, 3.05) is 37.3 Å². The minimum atomic E-state index is -3.53. The fourth-order valence-electron chi connectivity index (χ4n) is 2.98. The Morgan fingerprint density at radius 2 is 1.89 bits per heavy atom. The first kappa shape index (κ1) is 23.1. The van der Waals surface area contributed by atoms with Crippen molar-refractivity contribution in [1.29, 1.82) is 0 Å². The van der Waals surface area contributed by atoms with Crippen LogP contribution in [0.5, 0.6) is 0 Å². The third-order valence-corrected chi connectivity index (χ3v) is 5.53. The van der Waals surface area contributed by atoms with Gasteiger partial charge in [0.1, 0.15) is 5.69 Å². The molecule has 11 heteroatoms. The van der Waals surface area contributed by atoms with E-state index in [1.165, 1.54) is 12.1 Å². The molecule has 1 heterocycles. The first-order chi connectivity index (χ1) is 12.1. The Bertz CT molecular complexity index is 794. The summed E-state index contributed by atoms with van der Waals surface area (Å²) in [5, 5.41) is 11.4. The summed E-state index contributed by atoms with van der Waals surface area (Å²) in [6.45, 7) is 3.64. The minimum Gasteiger partial charge on any atom is -0.362 e. The lowest BCUT2D eigenvalue weighted by molar-refractivity contribution is -0.384. The van der Waals surface area contributed by atoms with Gasteiger partial charge in [-0.15, -0.1) is 12.4 Å². The standard InChI is InChI=1S/C16H24N4O5S.ClH/c1-3-4-13(17)16(21)19-9-7-18(8-10-19)14-6-5-12(26(2,24)25)11-15(14)20(22)23;/h5-6,11,13H,3-4,7-10,17H2,1-2H3;1H. The van der Waals surface area contributed by atoms with Crippen LogP contribution in [0.15, 0.2) is 23.1 Å². The lowest BCUT2D eigenvalue weighted by Crippen LogP contribution is -2.53. The highest BCUT2D eigenvalue weighted by atomic mass is 35.5. The molecule has 1 unspecified atom stereocenters. The normalized spacial score (nSPS) is 15.8. The van der Waals surface area contributed by atoms with Crippen molar-refractivity contribution in [1.82, 2.24) is 4.90 Å². The third-order valence-electron chi connectivity index (χ3n) is 4.42. The Kier molecular flexibility index (Phi) is 8.00. The van der Waals surface area contributed by atoms with E-state index in [0.29, 0.717) is 38.3 Å². The highest BCUT2D eigenvalue weighted by molar-refractivity contribution is 7.90. The van der Waals surface area contributed by atoms with E-state index in [1.807, 2.05) is 6.92 Å². The van der Waals surface area contributed by atoms with E-state index in [0.717, 1.165) is 18.7 Å². The summed E-state index contributed by atoms with van der Waals surface area (Å²) in [6, 6.07) is 3.38. The van der Waals surface area contributed by atoms with Gasteiger partial charge in [0.25, 0.3) is 5.69 Å². The summed E-state index contributed by atoms with van der Waals surface area (Å²) in [5.41, 5.74) is 5.97. The molecule has 1 aromatic rings. The molecule has 0 aliphatic carbocycles. The van der Waals surface area contributed by atoms with Gasteiger partial charge in [0, 0.05) is 38.5 Å². The molecule has 1 atom stereocenters. The number of carbonyl (C=O) groups excluding carboxylic acids is 1. The molecule has 9 nitrogen and oxygen atoms in total. The number of nitro groups is 1. The number of hydrogen-bond donors (Lipinski definition) is 1. The monoisotopic (exact) mass is 420 g/mol. The second-order valence-corrected chi connectivity index (χ2v) is 8.40. The van der Waals surface area contributed by atoms with Gasteiger partial charge in [-0.25, -0.2) is 8.42 Å². The first-order valence-corrected chi connectivity index (χ1v) is 10.3. The number of anilines is 1. The fraction of sp³-hybridized carbons (Fsp3) is 0.562. The number of benzene rings is 1. The van der Waals surface area contributed by atoms with E-state index >= 15 is 0 Å². The van der Waals surface area contributed by atoms with Crippen LogP contribution in [0.3, 0.4) is 0 Å². The molecule has 1 aromatic carbocycles. The number of nitrogens with zero attached hydrogens (tertiary/aromatic N) is 3. The van der Waals surface area contributed by atoms with E-state index in [-0.39, 0.29) is 28.9 Å². The molecule has 0 saturated carbocycles. The van der Waals surface area contributed by atoms with Crippen LogP contribution >= 0.6 is 12.4 Å². The highest BCUT2D eigenvalue weighted by Crippen LogP contribution is 2.31. The molecule has 2 rings (SSSR count). The number of rotatable bonds is 6. The molecule has 0 radical (unpaired) electrons. The second-order valence-electron chi connectivity index (χ2n) is 6.39. The first-order valence-electron chi connectivity index (χ1n) is 8.43. The molecular formula is C16H25ClN4O5S. The lowest BCUT2D eigenvalue weighted by Gasteiger charge is -2.36. The van der Waals surface area contributed by atoms with E-state index in [2.05, 4.69) is 0 Å². The molecule has 1 aliphatic rings. The molecular weight excluding hydrogens is 396 g/mol. The van der Waals surface area contributed by atoms with Gasteiger partial charge in [-0.05, 0) is 18.6 Å². The minimum absolute atomic E-state index is 0. The molecule has 1 saturated heterocycles. The van der Waals surface area contributed by atoms with Crippen molar-refractivity contribution < 1.29 is 18.1 Å². The smallest absolute Gasteiger partial charge is 0.293 e. The van der Waals surface area contributed by atoms with Gasteiger partial charge >= 0.3 is 0 Å². The predicted molar refractivity (Wildman–Crippen MR) is 105 cm³/mol. The van der Waals surface area contributed by atoms with Crippen LogP contribution in [0.1, 0.15) is 19.8 Å². The van der Waals surface area contributed by atoms with Gasteiger partial charge in [0.05, 0.1) is 15.9 Å². The Morgan fingerprint density at radius 3 is 2.37 bits per heavy atom. The van der Waals surface area contributed by atoms with Crippen LogP contribution in [0, 0.1) is 10.1 Å². The molecule has 2 N–H and O–H groups in total. The van der Waals surface area contributed by atoms with Gasteiger partial charge in [0.2, 0.25) is 5.91 Å². The molecule has 0 bridgehead atoms. The third kappa shape index (κ3) is 5.53. The fourth-order valence-corrected chi connectivity index (χ4v) is 3.63. The number of nitro benzene ring substituents is 1. The Balaban J connectivity index is 0.00000364. The molecule has 0 aromatic heterocycles. The summed E-state index contributed by atoms with van der Waals surface area (Å²) in [7, 11) is -3.53. The predicted octanol–water partition coefficient (Wildman–Crippen LogP) is 1.20. The Morgan fingerprint density at radius 1 is 1.30 bits per heavy atom. The van der Waals surface area contributed by atoms with Crippen LogP contribution in [-0.2, 0) is 14.6 Å². The van der Waals surface area contributed by atoms with E-state index < -0.39 is 20.8 Å². The van der Waals surface area contributed by atoms with Crippen molar-refractivity contribution in [3.8, 4) is 0 Å². The highest BCUT2D eigenvalue weighted by Gasteiger charge is 2.28. The average Bonchev–Trinajstić information content (AvgIpc) is 2.60. The number of amides is 1. The van der Waals surface area contributed by atoms with Crippen molar-refractivity contribution >= 4 is 39.5 Å². The number of sulfone groups is 1. The van der Waals surface area contributed by atoms with E-state index in [4.69, 9.17) is 5.73 Å². The molecule has 27 heavy (non-hydrogen) atoms. The van der Waals surface area contributed by atoms with Gasteiger partial charge in [-0.3, -0.25) is 14.9 Å². The van der Waals surface area contributed by atoms with Crippen LogP contribution in [-0.4, -0.2) is 62.6 Å². The summed E-state index contributed by atoms with van der Waals surface area (Å²) in [6.07, 6.45) is 2.46. The lowest BCUT2D eigenvalue weighted by atomic mass is 10.1. The largest absolute Gasteiger partial charge is 0.362 e. The zero-order chi connectivity index (χ0) is 19.5. The van der Waals surface area contributed by atoms with Crippen LogP contribution in [0.4, 0.5) is 11.4 Å². The zero-order valence-corrected chi connectivity index (χ0v) is 17.0. The molecule has 1 aliphatic heterocycles. The van der Waals surface area contributed by atoms with Crippen LogP contribution < -0.4 is 10.6 Å². The van der Waals surface area contributed by atoms with Gasteiger partial charge in [-0.1, -0.05) is 13.3 Å².